The standard InChI is InChI=1S/C29H24N4O2/c1-4-25(34)32-22-14-10-21(11-15-22)28-27(26-19(2)30-18-31-29(26)33(28)3)20-12-16-24(17-13-20)35-23-8-6-5-7-9-23/h4-18H,1H2,2-3H3,(H,32,34). The van der Waals surface area contributed by atoms with Crippen LogP contribution in [-0.4, -0.2) is 20.4 Å². The summed E-state index contributed by atoms with van der Waals surface area (Å²) in [6, 6.07) is 25.5. The number of carbonyl (C=O) groups is 1. The van der Waals surface area contributed by atoms with Crippen LogP contribution in [0.3, 0.4) is 0 Å². The van der Waals surface area contributed by atoms with Gasteiger partial charge in [-0.25, -0.2) is 9.97 Å². The summed E-state index contributed by atoms with van der Waals surface area (Å²) < 4.78 is 8.07. The number of aryl methyl sites for hydroxylation is 2. The lowest BCUT2D eigenvalue weighted by Crippen LogP contribution is -2.06. The van der Waals surface area contributed by atoms with Crippen molar-refractivity contribution in [2.45, 2.75) is 6.92 Å². The zero-order chi connectivity index (χ0) is 24.4. The summed E-state index contributed by atoms with van der Waals surface area (Å²) in [5.74, 6) is 1.31. The molecule has 0 saturated heterocycles. The fraction of sp³-hybridized carbons (Fsp3) is 0.0690. The van der Waals surface area contributed by atoms with E-state index in [4.69, 9.17) is 4.74 Å². The number of hydrogen-bond donors (Lipinski definition) is 1. The third-order valence-electron chi connectivity index (χ3n) is 5.89. The summed E-state index contributed by atoms with van der Waals surface area (Å²) in [5.41, 5.74) is 6.57. The van der Waals surface area contributed by atoms with Gasteiger partial charge in [-0.3, -0.25) is 4.79 Å². The zero-order valence-electron chi connectivity index (χ0n) is 19.5. The van der Waals surface area contributed by atoms with Gasteiger partial charge < -0.3 is 14.6 Å². The second kappa shape index (κ2) is 9.27. The predicted molar refractivity (Wildman–Crippen MR) is 139 cm³/mol. The smallest absolute Gasteiger partial charge is 0.247 e. The quantitative estimate of drug-likeness (QED) is 0.293. The number of anilines is 1. The first-order valence-electron chi connectivity index (χ1n) is 11.2. The van der Waals surface area contributed by atoms with Crippen LogP contribution < -0.4 is 10.1 Å². The minimum absolute atomic E-state index is 0.244. The van der Waals surface area contributed by atoms with Crippen LogP contribution in [0.2, 0.25) is 0 Å². The number of amides is 1. The average molecular weight is 461 g/mol. The van der Waals surface area contributed by atoms with E-state index in [2.05, 4.69) is 38.6 Å². The van der Waals surface area contributed by atoms with E-state index in [9.17, 15) is 4.79 Å². The van der Waals surface area contributed by atoms with Crippen LogP contribution in [0.1, 0.15) is 5.69 Å². The fourth-order valence-corrected chi connectivity index (χ4v) is 4.24. The van der Waals surface area contributed by atoms with E-state index < -0.39 is 0 Å². The van der Waals surface area contributed by atoms with Crippen LogP contribution in [0.25, 0.3) is 33.4 Å². The van der Waals surface area contributed by atoms with E-state index in [1.807, 2.05) is 80.7 Å². The normalized spacial score (nSPS) is 10.8. The molecule has 35 heavy (non-hydrogen) atoms. The molecule has 0 aliphatic heterocycles. The Morgan fingerprint density at radius 3 is 2.26 bits per heavy atom. The Morgan fingerprint density at radius 1 is 0.914 bits per heavy atom. The molecule has 1 amide bonds. The van der Waals surface area contributed by atoms with Crippen molar-refractivity contribution in [2.75, 3.05) is 5.32 Å². The SMILES string of the molecule is C=CC(=O)Nc1ccc(-c2c(-c3ccc(Oc4ccccc4)cc3)c3c(C)ncnc3n2C)cc1. The molecule has 0 fully saturated rings. The first kappa shape index (κ1) is 22.1. The first-order chi connectivity index (χ1) is 17.0. The lowest BCUT2D eigenvalue weighted by Gasteiger charge is -2.11. The van der Waals surface area contributed by atoms with Crippen LogP contribution in [0.15, 0.2) is 97.8 Å². The molecule has 0 aliphatic rings. The summed E-state index contributed by atoms with van der Waals surface area (Å²) in [7, 11) is 2.01. The molecule has 5 aromatic rings. The second-order valence-electron chi connectivity index (χ2n) is 8.15. The summed E-state index contributed by atoms with van der Waals surface area (Å²) in [6.07, 6.45) is 2.85. The van der Waals surface area contributed by atoms with Crippen LogP contribution in [0, 0.1) is 6.92 Å². The molecule has 0 aliphatic carbocycles. The molecule has 172 valence electrons. The van der Waals surface area contributed by atoms with E-state index >= 15 is 0 Å². The Hall–Kier alpha value is -4.71. The lowest BCUT2D eigenvalue weighted by molar-refractivity contribution is -0.111. The Kier molecular flexibility index (Phi) is 5.85. The van der Waals surface area contributed by atoms with Crippen molar-refractivity contribution in [3.63, 3.8) is 0 Å². The van der Waals surface area contributed by atoms with Crippen LogP contribution in [0.5, 0.6) is 11.5 Å². The van der Waals surface area contributed by atoms with Crippen LogP contribution >= 0.6 is 0 Å². The average Bonchev–Trinajstić information content (AvgIpc) is 3.19. The number of nitrogens with one attached hydrogen (secondary N) is 1. The van der Waals surface area contributed by atoms with Gasteiger partial charge in [-0.15, -0.1) is 0 Å². The Labute approximate surface area is 203 Å². The molecule has 5 rings (SSSR count). The van der Waals surface area contributed by atoms with Gasteiger partial charge in [-0.1, -0.05) is 49.0 Å². The highest BCUT2D eigenvalue weighted by atomic mass is 16.5. The van der Waals surface area contributed by atoms with Gasteiger partial charge >= 0.3 is 0 Å². The van der Waals surface area contributed by atoms with Gasteiger partial charge in [0.15, 0.2) is 0 Å². The van der Waals surface area contributed by atoms with Gasteiger partial charge in [0, 0.05) is 23.7 Å². The number of para-hydroxylation sites is 1. The van der Waals surface area contributed by atoms with Gasteiger partial charge in [0.25, 0.3) is 0 Å². The molecule has 0 spiro atoms. The maximum absolute atomic E-state index is 11.7. The lowest BCUT2D eigenvalue weighted by atomic mass is 9.98. The largest absolute Gasteiger partial charge is 0.457 e. The molecule has 0 radical (unpaired) electrons. The van der Waals surface area contributed by atoms with Crippen molar-refractivity contribution < 1.29 is 9.53 Å². The van der Waals surface area contributed by atoms with E-state index in [0.717, 1.165) is 50.6 Å². The predicted octanol–water partition coefficient (Wildman–Crippen LogP) is 6.53. The van der Waals surface area contributed by atoms with Crippen molar-refractivity contribution >= 4 is 22.6 Å². The summed E-state index contributed by atoms with van der Waals surface area (Å²) in [6.45, 7) is 5.50. The minimum Gasteiger partial charge on any atom is -0.457 e. The topological polar surface area (TPSA) is 69.0 Å². The Morgan fingerprint density at radius 2 is 1.57 bits per heavy atom. The zero-order valence-corrected chi connectivity index (χ0v) is 19.5. The van der Waals surface area contributed by atoms with E-state index in [1.54, 1.807) is 6.33 Å². The van der Waals surface area contributed by atoms with Gasteiger partial charge in [0.2, 0.25) is 5.91 Å². The number of benzene rings is 3. The highest BCUT2D eigenvalue weighted by Crippen LogP contribution is 2.41. The minimum atomic E-state index is -0.244. The van der Waals surface area contributed by atoms with E-state index in [0.29, 0.717) is 5.69 Å². The van der Waals surface area contributed by atoms with Crippen molar-refractivity contribution in [1.29, 1.82) is 0 Å². The molecule has 2 heterocycles. The van der Waals surface area contributed by atoms with E-state index in [-0.39, 0.29) is 5.91 Å². The molecular weight excluding hydrogens is 436 g/mol. The molecule has 6 nitrogen and oxygen atoms in total. The highest BCUT2D eigenvalue weighted by Gasteiger charge is 2.21. The molecule has 0 atom stereocenters. The summed E-state index contributed by atoms with van der Waals surface area (Å²) in [4.78, 5) is 20.7. The number of ether oxygens (including phenoxy) is 1. The van der Waals surface area contributed by atoms with Gasteiger partial charge in [0.05, 0.1) is 11.4 Å². The van der Waals surface area contributed by atoms with Gasteiger partial charge in [-0.2, -0.15) is 0 Å². The Bertz CT molecular complexity index is 1520. The van der Waals surface area contributed by atoms with Gasteiger partial charge in [-0.05, 0) is 60.5 Å². The number of carbonyl (C=O) groups excluding carboxylic acids is 1. The molecule has 0 unspecified atom stereocenters. The first-order valence-corrected chi connectivity index (χ1v) is 11.2. The van der Waals surface area contributed by atoms with Crippen molar-refractivity contribution in [3.05, 3.63) is 104 Å². The maximum Gasteiger partial charge on any atom is 0.247 e. The third-order valence-corrected chi connectivity index (χ3v) is 5.89. The number of nitrogens with zero attached hydrogens (tertiary/aromatic N) is 3. The third kappa shape index (κ3) is 4.29. The molecule has 1 N–H and O–H groups in total. The van der Waals surface area contributed by atoms with Crippen LogP contribution in [0.4, 0.5) is 5.69 Å². The van der Waals surface area contributed by atoms with Crippen LogP contribution in [-0.2, 0) is 11.8 Å². The molecule has 2 aromatic heterocycles. The van der Waals surface area contributed by atoms with Crippen molar-refractivity contribution in [2.24, 2.45) is 7.05 Å². The molecule has 6 heteroatoms. The molecule has 0 bridgehead atoms. The van der Waals surface area contributed by atoms with Crippen molar-refractivity contribution in [1.82, 2.24) is 14.5 Å². The highest BCUT2D eigenvalue weighted by molar-refractivity contribution is 6.04. The van der Waals surface area contributed by atoms with Gasteiger partial charge in [0.1, 0.15) is 23.5 Å². The molecular formula is C29H24N4O2. The van der Waals surface area contributed by atoms with E-state index in [1.165, 1.54) is 6.08 Å². The fourth-order valence-electron chi connectivity index (χ4n) is 4.24. The summed E-state index contributed by atoms with van der Waals surface area (Å²) in [5, 5.41) is 3.80. The maximum atomic E-state index is 11.7. The number of fused-ring (bicyclic) bond motifs is 1. The second-order valence-corrected chi connectivity index (χ2v) is 8.15. The number of hydrogen-bond acceptors (Lipinski definition) is 4. The molecule has 3 aromatic carbocycles. The summed E-state index contributed by atoms with van der Waals surface area (Å²) >= 11 is 0. The van der Waals surface area contributed by atoms with Crippen molar-refractivity contribution in [3.8, 4) is 33.9 Å². The number of aromatic nitrogens is 3. The monoisotopic (exact) mass is 460 g/mol. The Balaban J connectivity index is 1.60. The number of rotatable bonds is 6. The molecule has 0 saturated carbocycles.